The standard InChI is InChI=1S/C30H28F6N4O2/c1-3-24-29(40-11-10-20(31)15-28(40)37-24)27(41)9-5-19-4-7-25(22(32)14-19)38-12-13-39(18(2)17-38)26-8-6-21(16-23(26)33)42-30(34,35)36/h4,6-8,10-11,14-16,18H,3,5,9,12-13,17H2,1-2H3/t18-/m0/s1. The number of aromatic nitrogens is 2. The molecule has 3 heterocycles. The van der Waals surface area contributed by atoms with Gasteiger partial charge in [0.25, 0.3) is 0 Å². The third kappa shape index (κ3) is 6.17. The number of ether oxygens (including phenoxy) is 1. The molecule has 1 saturated heterocycles. The van der Waals surface area contributed by atoms with Gasteiger partial charge in [0.15, 0.2) is 5.78 Å². The van der Waals surface area contributed by atoms with Gasteiger partial charge < -0.3 is 14.5 Å². The monoisotopic (exact) mass is 590 g/mol. The summed E-state index contributed by atoms with van der Waals surface area (Å²) in [6.45, 7) is 4.71. The van der Waals surface area contributed by atoms with Crippen LogP contribution in [-0.2, 0) is 12.8 Å². The van der Waals surface area contributed by atoms with Crippen LogP contribution in [0, 0.1) is 17.5 Å². The quantitative estimate of drug-likeness (QED) is 0.168. The summed E-state index contributed by atoms with van der Waals surface area (Å²) in [6.07, 6.45) is -2.53. The Morgan fingerprint density at radius 3 is 2.40 bits per heavy atom. The zero-order valence-electron chi connectivity index (χ0n) is 22.9. The normalized spacial score (nSPS) is 15.9. The number of Topliss-reactive ketones (excluding diaryl/α,β-unsaturated/α-hetero) is 1. The zero-order valence-corrected chi connectivity index (χ0v) is 22.9. The van der Waals surface area contributed by atoms with Gasteiger partial charge in [0, 0.05) is 50.4 Å². The Balaban J connectivity index is 1.23. The highest BCUT2D eigenvalue weighted by Gasteiger charge is 2.32. The van der Waals surface area contributed by atoms with Gasteiger partial charge in [-0.05, 0) is 55.7 Å². The molecule has 42 heavy (non-hydrogen) atoms. The first kappa shape index (κ1) is 29.3. The van der Waals surface area contributed by atoms with Crippen molar-refractivity contribution in [2.45, 2.75) is 45.5 Å². The summed E-state index contributed by atoms with van der Waals surface area (Å²) in [5.74, 6) is -2.56. The number of benzene rings is 2. The largest absolute Gasteiger partial charge is 0.573 e. The maximum absolute atomic E-state index is 15.2. The molecule has 0 amide bonds. The van der Waals surface area contributed by atoms with E-state index in [4.69, 9.17) is 0 Å². The van der Waals surface area contributed by atoms with Crippen LogP contribution in [0.25, 0.3) is 5.65 Å². The van der Waals surface area contributed by atoms with Crippen molar-refractivity contribution in [3.05, 3.63) is 89.1 Å². The topological polar surface area (TPSA) is 50.1 Å². The number of nitrogens with zero attached hydrogens (tertiary/aromatic N) is 4. The number of piperazine rings is 1. The second-order valence-electron chi connectivity index (χ2n) is 10.2. The van der Waals surface area contributed by atoms with E-state index in [2.05, 4.69) is 9.72 Å². The second kappa shape index (κ2) is 11.6. The van der Waals surface area contributed by atoms with Crippen LogP contribution in [0.15, 0.2) is 54.7 Å². The molecule has 222 valence electrons. The smallest absolute Gasteiger partial charge is 0.406 e. The molecular weight excluding hydrogens is 562 g/mol. The molecule has 0 spiro atoms. The van der Waals surface area contributed by atoms with E-state index in [9.17, 15) is 26.7 Å². The van der Waals surface area contributed by atoms with Crippen LogP contribution in [-0.4, -0.2) is 47.2 Å². The fourth-order valence-corrected chi connectivity index (χ4v) is 5.40. The summed E-state index contributed by atoms with van der Waals surface area (Å²) < 4.78 is 86.3. The highest BCUT2D eigenvalue weighted by atomic mass is 19.4. The van der Waals surface area contributed by atoms with Crippen LogP contribution in [0.4, 0.5) is 37.7 Å². The molecule has 1 aliphatic heterocycles. The Kier molecular flexibility index (Phi) is 8.07. The van der Waals surface area contributed by atoms with Gasteiger partial charge in [-0.1, -0.05) is 13.0 Å². The number of pyridine rings is 1. The van der Waals surface area contributed by atoms with Crippen LogP contribution >= 0.6 is 0 Å². The molecule has 2 aromatic carbocycles. The lowest BCUT2D eigenvalue weighted by molar-refractivity contribution is -0.274. The molecule has 0 bridgehead atoms. The van der Waals surface area contributed by atoms with Gasteiger partial charge in [-0.25, -0.2) is 18.2 Å². The van der Waals surface area contributed by atoms with Crippen LogP contribution in [0.1, 0.15) is 42.0 Å². The summed E-state index contributed by atoms with van der Waals surface area (Å²) in [6, 6.07) is 10.1. The van der Waals surface area contributed by atoms with Gasteiger partial charge in [-0.2, -0.15) is 0 Å². The Bertz CT molecular complexity index is 1620. The minimum absolute atomic E-state index is 0.116. The van der Waals surface area contributed by atoms with E-state index < -0.39 is 29.6 Å². The Morgan fingerprint density at radius 1 is 1.00 bits per heavy atom. The summed E-state index contributed by atoms with van der Waals surface area (Å²) in [4.78, 5) is 21.0. The molecule has 0 aliphatic carbocycles. The second-order valence-corrected chi connectivity index (χ2v) is 10.2. The van der Waals surface area contributed by atoms with E-state index in [0.29, 0.717) is 66.8 Å². The molecule has 6 nitrogen and oxygen atoms in total. The summed E-state index contributed by atoms with van der Waals surface area (Å²) >= 11 is 0. The number of hydrogen-bond donors (Lipinski definition) is 0. The molecule has 0 radical (unpaired) electrons. The van der Waals surface area contributed by atoms with Crippen LogP contribution in [0.5, 0.6) is 5.75 Å². The van der Waals surface area contributed by atoms with E-state index in [1.807, 2.05) is 18.7 Å². The zero-order chi connectivity index (χ0) is 30.2. The molecule has 4 aromatic rings. The average molecular weight is 591 g/mol. The van der Waals surface area contributed by atoms with Gasteiger partial charge in [-0.3, -0.25) is 9.20 Å². The molecule has 12 heteroatoms. The van der Waals surface area contributed by atoms with Crippen molar-refractivity contribution in [2.75, 3.05) is 29.4 Å². The number of ketones is 1. The molecule has 1 fully saturated rings. The lowest BCUT2D eigenvalue weighted by Gasteiger charge is -2.42. The number of aryl methyl sites for hydroxylation is 2. The summed E-state index contributed by atoms with van der Waals surface area (Å²) in [7, 11) is 0. The number of hydrogen-bond acceptors (Lipinski definition) is 5. The van der Waals surface area contributed by atoms with Crippen molar-refractivity contribution in [1.29, 1.82) is 0 Å². The van der Waals surface area contributed by atoms with Crippen molar-refractivity contribution in [1.82, 2.24) is 9.38 Å². The molecule has 0 saturated carbocycles. The van der Waals surface area contributed by atoms with Gasteiger partial charge >= 0.3 is 6.36 Å². The van der Waals surface area contributed by atoms with Crippen molar-refractivity contribution in [2.24, 2.45) is 0 Å². The summed E-state index contributed by atoms with van der Waals surface area (Å²) in [5.41, 5.74) is 2.47. The molecule has 5 rings (SSSR count). The number of imidazole rings is 1. The van der Waals surface area contributed by atoms with Crippen molar-refractivity contribution < 1.29 is 35.9 Å². The molecule has 2 aromatic heterocycles. The van der Waals surface area contributed by atoms with Gasteiger partial charge in [0.2, 0.25) is 0 Å². The maximum Gasteiger partial charge on any atom is 0.573 e. The van der Waals surface area contributed by atoms with Crippen LogP contribution in [0.2, 0.25) is 0 Å². The SMILES string of the molecule is CCc1nc2cc(F)ccn2c1C(=O)CCc1ccc(N2CCN(c3ccc(OC(F)(F)F)cc3F)[C@@H](C)C2)c(F)c1. The van der Waals surface area contributed by atoms with Gasteiger partial charge in [0.05, 0.1) is 17.1 Å². The lowest BCUT2D eigenvalue weighted by Crippen LogP contribution is -2.52. The molecular formula is C30H28F6N4O2. The number of anilines is 2. The maximum atomic E-state index is 15.2. The van der Waals surface area contributed by atoms with Crippen molar-refractivity contribution >= 4 is 22.8 Å². The minimum atomic E-state index is -4.92. The molecule has 0 unspecified atom stereocenters. The number of carbonyl (C=O) groups is 1. The average Bonchev–Trinajstić information content (AvgIpc) is 3.29. The van der Waals surface area contributed by atoms with Crippen molar-refractivity contribution in [3.63, 3.8) is 0 Å². The van der Waals surface area contributed by atoms with Crippen LogP contribution in [0.3, 0.4) is 0 Å². The predicted octanol–water partition coefficient (Wildman–Crippen LogP) is 6.74. The molecule has 1 atom stereocenters. The van der Waals surface area contributed by atoms with Gasteiger partial charge in [0.1, 0.15) is 34.5 Å². The first-order valence-electron chi connectivity index (χ1n) is 13.5. The lowest BCUT2D eigenvalue weighted by atomic mass is 10.0. The van der Waals surface area contributed by atoms with E-state index in [1.54, 1.807) is 21.4 Å². The van der Waals surface area contributed by atoms with E-state index in [1.165, 1.54) is 30.5 Å². The van der Waals surface area contributed by atoms with E-state index in [0.717, 1.165) is 6.07 Å². The summed E-state index contributed by atoms with van der Waals surface area (Å²) in [5, 5.41) is 0. The highest BCUT2D eigenvalue weighted by Crippen LogP contribution is 2.32. The van der Waals surface area contributed by atoms with E-state index >= 15 is 4.39 Å². The fraction of sp³-hybridized carbons (Fsp3) is 0.333. The number of fused-ring (bicyclic) bond motifs is 1. The minimum Gasteiger partial charge on any atom is -0.406 e. The fourth-order valence-electron chi connectivity index (χ4n) is 5.40. The third-order valence-electron chi connectivity index (χ3n) is 7.34. The highest BCUT2D eigenvalue weighted by molar-refractivity contribution is 5.96. The van der Waals surface area contributed by atoms with Crippen molar-refractivity contribution in [3.8, 4) is 5.75 Å². The number of halogens is 6. The first-order valence-corrected chi connectivity index (χ1v) is 13.5. The molecule has 1 aliphatic rings. The number of carbonyl (C=O) groups excluding carboxylic acids is 1. The number of alkyl halides is 3. The van der Waals surface area contributed by atoms with Crippen LogP contribution < -0.4 is 14.5 Å². The predicted molar refractivity (Wildman–Crippen MR) is 146 cm³/mol. The number of rotatable bonds is 8. The Morgan fingerprint density at radius 2 is 1.74 bits per heavy atom. The molecule has 0 N–H and O–H groups in total. The van der Waals surface area contributed by atoms with Gasteiger partial charge in [-0.15, -0.1) is 13.2 Å². The third-order valence-corrected chi connectivity index (χ3v) is 7.34. The first-order chi connectivity index (χ1) is 19.9. The van der Waals surface area contributed by atoms with E-state index in [-0.39, 0.29) is 23.9 Å². The Labute approximate surface area is 238 Å². The Hall–Kier alpha value is -4.22.